The highest BCUT2D eigenvalue weighted by atomic mass is 35.5. The van der Waals surface area contributed by atoms with Gasteiger partial charge in [0.15, 0.2) is 0 Å². The molecule has 0 aliphatic rings. The van der Waals surface area contributed by atoms with Gasteiger partial charge in [-0.3, -0.25) is 9.10 Å². The Morgan fingerprint density at radius 2 is 1.82 bits per heavy atom. The third kappa shape index (κ3) is 6.87. The van der Waals surface area contributed by atoms with E-state index < -0.39 is 10.0 Å². The quantitative estimate of drug-likeness (QED) is 0.472. The minimum atomic E-state index is -3.52. The first-order valence-electron chi connectivity index (χ1n) is 11.1. The molecule has 1 N–H and O–H groups in total. The van der Waals surface area contributed by atoms with E-state index in [1.165, 1.54) is 4.31 Å². The van der Waals surface area contributed by atoms with Crippen LogP contribution in [0.2, 0.25) is 5.02 Å². The molecule has 33 heavy (non-hydrogen) atoms. The van der Waals surface area contributed by atoms with Crippen molar-refractivity contribution in [3.05, 3.63) is 57.6 Å². The second kappa shape index (κ2) is 11.3. The molecule has 0 saturated carbocycles. The fraction of sp³-hybridized carbons (Fsp3) is 0.480. The van der Waals surface area contributed by atoms with Crippen molar-refractivity contribution in [3.8, 4) is 5.75 Å². The van der Waals surface area contributed by atoms with Crippen molar-refractivity contribution >= 4 is 33.2 Å². The summed E-state index contributed by atoms with van der Waals surface area (Å²) in [6.45, 7) is 10.1. The molecule has 0 bridgehead atoms. The van der Waals surface area contributed by atoms with E-state index in [0.717, 1.165) is 28.7 Å². The van der Waals surface area contributed by atoms with E-state index in [-0.39, 0.29) is 24.9 Å². The molecule has 0 heterocycles. The Labute approximate surface area is 203 Å². The van der Waals surface area contributed by atoms with Gasteiger partial charge in [-0.2, -0.15) is 0 Å². The average molecular weight is 495 g/mol. The molecule has 0 fully saturated rings. The number of rotatable bonds is 10. The van der Waals surface area contributed by atoms with Crippen LogP contribution in [0.4, 0.5) is 5.69 Å². The van der Waals surface area contributed by atoms with E-state index in [2.05, 4.69) is 25.2 Å². The largest absolute Gasteiger partial charge is 0.496 e. The molecule has 2 aromatic rings. The van der Waals surface area contributed by atoms with Gasteiger partial charge in [-0.15, -0.1) is 0 Å². The first kappa shape index (κ1) is 27.0. The van der Waals surface area contributed by atoms with Crippen LogP contribution in [0.3, 0.4) is 0 Å². The maximum Gasteiger partial charge on any atom is 0.232 e. The zero-order valence-electron chi connectivity index (χ0n) is 20.5. The normalized spacial score (nSPS) is 12.5. The van der Waals surface area contributed by atoms with Crippen LogP contribution in [0, 0.1) is 13.8 Å². The standard InChI is InChI=1S/C25H35ClN2O4S/c1-16(2)20-15-21(17(3)14-24(20)32-6)19(5)27-25(29)12-9-13-28(33(7,30)31)23-11-8-10-22(26)18(23)4/h8,10-11,14-16,19H,9,12-13H2,1-7H3,(H,27,29). The molecule has 1 amide bonds. The molecule has 0 spiro atoms. The van der Waals surface area contributed by atoms with Crippen LogP contribution in [0.15, 0.2) is 30.3 Å². The maximum absolute atomic E-state index is 12.6. The molecule has 0 aliphatic heterocycles. The summed E-state index contributed by atoms with van der Waals surface area (Å²) >= 11 is 6.18. The predicted octanol–water partition coefficient (Wildman–Crippen LogP) is 5.51. The summed E-state index contributed by atoms with van der Waals surface area (Å²) in [4.78, 5) is 12.6. The number of nitrogens with zero attached hydrogens (tertiary/aromatic N) is 1. The summed E-state index contributed by atoms with van der Waals surface area (Å²) in [6, 6.07) is 9.09. The van der Waals surface area contributed by atoms with Crippen LogP contribution in [-0.4, -0.2) is 34.2 Å². The van der Waals surface area contributed by atoms with Crippen LogP contribution >= 0.6 is 11.6 Å². The highest BCUT2D eigenvalue weighted by molar-refractivity contribution is 7.92. The van der Waals surface area contributed by atoms with Gasteiger partial charge in [-0.1, -0.05) is 31.5 Å². The minimum absolute atomic E-state index is 0.125. The van der Waals surface area contributed by atoms with Gasteiger partial charge in [0.2, 0.25) is 15.9 Å². The lowest BCUT2D eigenvalue weighted by atomic mass is 9.93. The van der Waals surface area contributed by atoms with Gasteiger partial charge < -0.3 is 10.1 Å². The summed E-state index contributed by atoms with van der Waals surface area (Å²) in [5, 5.41) is 3.55. The van der Waals surface area contributed by atoms with Gasteiger partial charge in [0, 0.05) is 18.0 Å². The van der Waals surface area contributed by atoms with Crippen molar-refractivity contribution in [1.82, 2.24) is 5.32 Å². The number of amides is 1. The van der Waals surface area contributed by atoms with Crippen molar-refractivity contribution in [2.45, 2.75) is 59.4 Å². The molecular weight excluding hydrogens is 460 g/mol. The lowest BCUT2D eigenvalue weighted by Gasteiger charge is -2.25. The highest BCUT2D eigenvalue weighted by Gasteiger charge is 2.21. The Morgan fingerprint density at radius 3 is 2.39 bits per heavy atom. The molecule has 0 saturated heterocycles. The molecule has 2 aromatic carbocycles. The third-order valence-corrected chi connectivity index (χ3v) is 7.35. The Balaban J connectivity index is 2.07. The maximum atomic E-state index is 12.6. The smallest absolute Gasteiger partial charge is 0.232 e. The van der Waals surface area contributed by atoms with Gasteiger partial charge in [0.05, 0.1) is 25.1 Å². The van der Waals surface area contributed by atoms with Gasteiger partial charge in [-0.25, -0.2) is 8.42 Å². The lowest BCUT2D eigenvalue weighted by Crippen LogP contribution is -2.33. The molecule has 8 heteroatoms. The second-order valence-corrected chi connectivity index (χ2v) is 11.0. The first-order valence-corrected chi connectivity index (χ1v) is 13.3. The van der Waals surface area contributed by atoms with Crippen molar-refractivity contribution in [3.63, 3.8) is 0 Å². The molecule has 0 aromatic heterocycles. The number of halogens is 1. The van der Waals surface area contributed by atoms with Gasteiger partial charge in [0.25, 0.3) is 0 Å². The predicted molar refractivity (Wildman–Crippen MR) is 136 cm³/mol. The Hall–Kier alpha value is -2.25. The van der Waals surface area contributed by atoms with E-state index in [0.29, 0.717) is 28.6 Å². The number of ether oxygens (including phenoxy) is 1. The van der Waals surface area contributed by atoms with E-state index in [4.69, 9.17) is 16.3 Å². The van der Waals surface area contributed by atoms with Crippen LogP contribution in [-0.2, 0) is 14.8 Å². The molecule has 1 unspecified atom stereocenters. The van der Waals surface area contributed by atoms with Crippen LogP contribution in [0.5, 0.6) is 5.75 Å². The number of anilines is 1. The Kier molecular flexibility index (Phi) is 9.20. The number of sulfonamides is 1. The molecule has 1 atom stereocenters. The van der Waals surface area contributed by atoms with Crippen molar-refractivity contribution in [1.29, 1.82) is 0 Å². The molecule has 182 valence electrons. The SMILES string of the molecule is COc1cc(C)c(C(C)NC(=O)CCCN(c2cccc(Cl)c2C)S(C)(=O)=O)cc1C(C)C. The number of hydrogen-bond acceptors (Lipinski definition) is 4. The number of hydrogen-bond donors (Lipinski definition) is 1. The second-order valence-electron chi connectivity index (χ2n) is 8.72. The van der Waals surface area contributed by atoms with E-state index in [1.807, 2.05) is 19.9 Å². The molecule has 0 aliphatic carbocycles. The summed E-state index contributed by atoms with van der Waals surface area (Å²) in [5.41, 5.74) is 4.41. The Bertz CT molecular complexity index is 1100. The van der Waals surface area contributed by atoms with E-state index >= 15 is 0 Å². The summed E-state index contributed by atoms with van der Waals surface area (Å²) in [5.74, 6) is 1.01. The van der Waals surface area contributed by atoms with Crippen molar-refractivity contribution in [2.24, 2.45) is 0 Å². The zero-order chi connectivity index (χ0) is 24.9. The van der Waals surface area contributed by atoms with Crippen LogP contribution in [0.1, 0.15) is 67.8 Å². The van der Waals surface area contributed by atoms with Crippen LogP contribution < -0.4 is 14.4 Å². The van der Waals surface area contributed by atoms with Gasteiger partial charge in [0.1, 0.15) is 5.75 Å². The number of methoxy groups -OCH3 is 1. The molecule has 6 nitrogen and oxygen atoms in total. The van der Waals surface area contributed by atoms with Crippen molar-refractivity contribution < 1.29 is 17.9 Å². The number of aryl methyl sites for hydroxylation is 1. The number of carbonyl (C=O) groups is 1. The van der Waals surface area contributed by atoms with E-state index in [9.17, 15) is 13.2 Å². The third-order valence-electron chi connectivity index (χ3n) is 5.76. The summed E-state index contributed by atoms with van der Waals surface area (Å²) in [6.07, 6.45) is 1.76. The number of benzene rings is 2. The fourth-order valence-corrected chi connectivity index (χ4v) is 5.10. The molecular formula is C25H35ClN2O4S. The summed E-state index contributed by atoms with van der Waals surface area (Å²) in [7, 11) is -1.85. The molecule has 2 rings (SSSR count). The van der Waals surface area contributed by atoms with E-state index in [1.54, 1.807) is 32.2 Å². The fourth-order valence-electron chi connectivity index (χ4n) is 3.92. The minimum Gasteiger partial charge on any atom is -0.496 e. The summed E-state index contributed by atoms with van der Waals surface area (Å²) < 4.78 is 31.6. The van der Waals surface area contributed by atoms with Crippen LogP contribution in [0.25, 0.3) is 0 Å². The zero-order valence-corrected chi connectivity index (χ0v) is 22.1. The number of nitrogens with one attached hydrogen (secondary N) is 1. The van der Waals surface area contributed by atoms with Gasteiger partial charge >= 0.3 is 0 Å². The topological polar surface area (TPSA) is 75.7 Å². The molecule has 0 radical (unpaired) electrons. The lowest BCUT2D eigenvalue weighted by molar-refractivity contribution is -0.121. The average Bonchev–Trinajstić information content (AvgIpc) is 2.72. The van der Waals surface area contributed by atoms with Crippen molar-refractivity contribution in [2.75, 3.05) is 24.2 Å². The number of carbonyl (C=O) groups excluding carboxylic acids is 1. The monoisotopic (exact) mass is 494 g/mol. The Morgan fingerprint density at radius 1 is 1.15 bits per heavy atom. The van der Waals surface area contributed by atoms with Gasteiger partial charge in [-0.05, 0) is 79.6 Å². The first-order chi connectivity index (χ1) is 15.4. The highest BCUT2D eigenvalue weighted by Crippen LogP contribution is 2.32.